The third-order valence-electron chi connectivity index (χ3n) is 3.75. The monoisotopic (exact) mass is 252 g/mol. The van der Waals surface area contributed by atoms with Crippen LogP contribution in [0.15, 0.2) is 48.5 Å². The molecule has 0 amide bonds. The highest BCUT2D eigenvalue weighted by molar-refractivity contribution is 5.28. The van der Waals surface area contributed by atoms with Crippen LogP contribution in [-0.2, 0) is 19.3 Å². The molecular formula is C19H24. The van der Waals surface area contributed by atoms with E-state index < -0.39 is 0 Å². The van der Waals surface area contributed by atoms with E-state index in [2.05, 4.69) is 62.4 Å². The minimum Gasteiger partial charge on any atom is -0.0654 e. The van der Waals surface area contributed by atoms with Crippen molar-refractivity contribution in [3.05, 3.63) is 70.8 Å². The lowest BCUT2D eigenvalue weighted by atomic mass is 9.98. The minimum absolute atomic E-state index is 1.14. The van der Waals surface area contributed by atoms with Gasteiger partial charge in [-0.25, -0.2) is 0 Å². The van der Waals surface area contributed by atoms with Crippen LogP contribution in [0.3, 0.4) is 0 Å². The molecule has 0 heterocycles. The van der Waals surface area contributed by atoms with Crippen LogP contribution in [-0.4, -0.2) is 0 Å². The number of rotatable bonds is 6. The molecule has 0 bridgehead atoms. The summed E-state index contributed by atoms with van der Waals surface area (Å²) in [6.07, 6.45) is 6.07. The predicted octanol–water partition coefficient (Wildman–Crippen LogP) is 5.12. The molecule has 0 saturated carbocycles. The van der Waals surface area contributed by atoms with Crippen LogP contribution in [0.2, 0.25) is 0 Å². The molecule has 0 spiro atoms. The van der Waals surface area contributed by atoms with Gasteiger partial charge in [-0.05, 0) is 54.9 Å². The lowest BCUT2D eigenvalue weighted by molar-refractivity contribution is 0.793. The second-order valence-electron chi connectivity index (χ2n) is 5.35. The van der Waals surface area contributed by atoms with Gasteiger partial charge in [0.15, 0.2) is 0 Å². The van der Waals surface area contributed by atoms with Crippen molar-refractivity contribution in [1.82, 2.24) is 0 Å². The Balaban J connectivity index is 1.98. The molecule has 0 radical (unpaired) electrons. The van der Waals surface area contributed by atoms with Crippen molar-refractivity contribution >= 4 is 0 Å². The lowest BCUT2D eigenvalue weighted by Gasteiger charge is -2.07. The number of hydrogen-bond acceptors (Lipinski definition) is 0. The van der Waals surface area contributed by atoms with Crippen LogP contribution in [0.25, 0.3) is 0 Å². The summed E-state index contributed by atoms with van der Waals surface area (Å²) in [6.45, 7) is 4.45. The zero-order valence-electron chi connectivity index (χ0n) is 12.2. The Morgan fingerprint density at radius 1 is 0.789 bits per heavy atom. The number of aryl methyl sites for hydroxylation is 4. The van der Waals surface area contributed by atoms with Gasteiger partial charge >= 0.3 is 0 Å². The normalized spacial score (nSPS) is 10.6. The van der Waals surface area contributed by atoms with Crippen molar-refractivity contribution in [1.29, 1.82) is 0 Å². The summed E-state index contributed by atoms with van der Waals surface area (Å²) >= 11 is 0. The van der Waals surface area contributed by atoms with Gasteiger partial charge in [0.1, 0.15) is 0 Å². The summed E-state index contributed by atoms with van der Waals surface area (Å²) < 4.78 is 0. The maximum absolute atomic E-state index is 2.38. The van der Waals surface area contributed by atoms with Crippen molar-refractivity contribution in [2.75, 3.05) is 0 Å². The van der Waals surface area contributed by atoms with Crippen molar-refractivity contribution in [3.63, 3.8) is 0 Å². The number of benzene rings is 2. The first-order chi connectivity index (χ1) is 9.29. The lowest BCUT2D eigenvalue weighted by Crippen LogP contribution is -1.95. The average Bonchev–Trinajstić information content (AvgIpc) is 2.45. The molecule has 0 aromatic heterocycles. The third-order valence-corrected chi connectivity index (χ3v) is 3.75. The molecule has 0 aliphatic heterocycles. The summed E-state index contributed by atoms with van der Waals surface area (Å²) in [5.74, 6) is 0. The smallest absolute Gasteiger partial charge is 0.0236 e. The van der Waals surface area contributed by atoms with Gasteiger partial charge in [0.25, 0.3) is 0 Å². The Kier molecular flexibility index (Phi) is 5.20. The standard InChI is InChI=1S/C19H24/c1-3-4-9-17-10-7-11-18(15-17)13-14-19-12-6-5-8-16(19)2/h5-8,10-12,15H,3-4,9,13-14H2,1-2H3. The fourth-order valence-corrected chi connectivity index (χ4v) is 2.49. The topological polar surface area (TPSA) is 0 Å². The minimum atomic E-state index is 1.14. The van der Waals surface area contributed by atoms with Crippen molar-refractivity contribution in [2.45, 2.75) is 46.0 Å². The summed E-state index contributed by atoms with van der Waals surface area (Å²) in [4.78, 5) is 0. The van der Waals surface area contributed by atoms with E-state index >= 15 is 0 Å². The van der Waals surface area contributed by atoms with Crippen LogP contribution in [0.4, 0.5) is 0 Å². The molecule has 2 aromatic rings. The van der Waals surface area contributed by atoms with Gasteiger partial charge in [-0.2, -0.15) is 0 Å². The summed E-state index contributed by atoms with van der Waals surface area (Å²) in [6, 6.07) is 17.8. The quantitative estimate of drug-likeness (QED) is 0.669. The summed E-state index contributed by atoms with van der Waals surface area (Å²) in [7, 11) is 0. The van der Waals surface area contributed by atoms with Gasteiger partial charge in [0, 0.05) is 0 Å². The molecular weight excluding hydrogens is 228 g/mol. The van der Waals surface area contributed by atoms with E-state index in [1.807, 2.05) is 0 Å². The zero-order chi connectivity index (χ0) is 13.5. The molecule has 2 rings (SSSR count). The molecule has 0 unspecified atom stereocenters. The molecule has 19 heavy (non-hydrogen) atoms. The Morgan fingerprint density at radius 2 is 1.53 bits per heavy atom. The van der Waals surface area contributed by atoms with E-state index in [9.17, 15) is 0 Å². The second kappa shape index (κ2) is 7.13. The van der Waals surface area contributed by atoms with Crippen LogP contribution in [0.5, 0.6) is 0 Å². The van der Waals surface area contributed by atoms with Crippen molar-refractivity contribution in [2.24, 2.45) is 0 Å². The number of hydrogen-bond donors (Lipinski definition) is 0. The molecule has 0 nitrogen and oxygen atoms in total. The van der Waals surface area contributed by atoms with Gasteiger partial charge in [0.2, 0.25) is 0 Å². The predicted molar refractivity (Wildman–Crippen MR) is 83.6 cm³/mol. The van der Waals surface area contributed by atoms with E-state index in [1.54, 1.807) is 0 Å². The summed E-state index contributed by atoms with van der Waals surface area (Å²) in [5, 5.41) is 0. The first kappa shape index (κ1) is 13.9. The van der Waals surface area contributed by atoms with Crippen LogP contribution in [0.1, 0.15) is 42.0 Å². The Hall–Kier alpha value is -1.56. The summed E-state index contributed by atoms with van der Waals surface area (Å²) in [5.41, 5.74) is 5.84. The van der Waals surface area contributed by atoms with Crippen LogP contribution < -0.4 is 0 Å². The molecule has 100 valence electrons. The van der Waals surface area contributed by atoms with Crippen LogP contribution >= 0.6 is 0 Å². The molecule has 2 aromatic carbocycles. The first-order valence-electron chi connectivity index (χ1n) is 7.42. The molecule has 0 aliphatic rings. The average molecular weight is 252 g/mol. The van der Waals surface area contributed by atoms with E-state index in [-0.39, 0.29) is 0 Å². The molecule has 0 saturated heterocycles. The SMILES string of the molecule is CCCCc1cccc(CCc2ccccc2C)c1. The number of unbranched alkanes of at least 4 members (excludes halogenated alkanes) is 1. The highest BCUT2D eigenvalue weighted by atomic mass is 14.1. The molecule has 0 atom stereocenters. The van der Waals surface area contributed by atoms with Gasteiger partial charge in [-0.1, -0.05) is 61.9 Å². The highest BCUT2D eigenvalue weighted by Crippen LogP contribution is 2.14. The van der Waals surface area contributed by atoms with Gasteiger partial charge in [0.05, 0.1) is 0 Å². The Labute approximate surface area is 117 Å². The molecule has 0 aliphatic carbocycles. The van der Waals surface area contributed by atoms with Gasteiger partial charge in [-0.15, -0.1) is 0 Å². The fraction of sp³-hybridized carbons (Fsp3) is 0.368. The Bertz CT molecular complexity index is 511. The van der Waals surface area contributed by atoms with Gasteiger partial charge in [-0.3, -0.25) is 0 Å². The van der Waals surface area contributed by atoms with E-state index in [1.165, 1.54) is 41.5 Å². The third kappa shape index (κ3) is 4.24. The van der Waals surface area contributed by atoms with Crippen molar-refractivity contribution in [3.8, 4) is 0 Å². The molecule has 0 fully saturated rings. The van der Waals surface area contributed by atoms with E-state index in [0.717, 1.165) is 12.8 Å². The molecule has 0 N–H and O–H groups in total. The fourth-order valence-electron chi connectivity index (χ4n) is 2.49. The van der Waals surface area contributed by atoms with E-state index in [4.69, 9.17) is 0 Å². The molecule has 0 heteroatoms. The largest absolute Gasteiger partial charge is 0.0654 e. The van der Waals surface area contributed by atoms with Crippen LogP contribution in [0, 0.1) is 6.92 Å². The zero-order valence-corrected chi connectivity index (χ0v) is 12.2. The van der Waals surface area contributed by atoms with Crippen molar-refractivity contribution < 1.29 is 0 Å². The highest BCUT2D eigenvalue weighted by Gasteiger charge is 2.00. The van der Waals surface area contributed by atoms with E-state index in [0.29, 0.717) is 0 Å². The maximum Gasteiger partial charge on any atom is -0.0236 e. The maximum atomic E-state index is 2.38. The van der Waals surface area contributed by atoms with Gasteiger partial charge < -0.3 is 0 Å². The second-order valence-corrected chi connectivity index (χ2v) is 5.35. The Morgan fingerprint density at radius 3 is 2.26 bits per heavy atom. The first-order valence-corrected chi connectivity index (χ1v) is 7.42.